The Kier molecular flexibility index (Phi) is 7.34. The van der Waals surface area contributed by atoms with Crippen LogP contribution in [0.4, 0.5) is 5.69 Å². The van der Waals surface area contributed by atoms with E-state index in [2.05, 4.69) is 10.6 Å². The standard InChI is InChI=1S/C23H22N2O4S/c1-16(26)24-20(21-8-5-13-30-21)14-23(28)29-15-22(27)25-19-11-9-18(10-12-19)17-6-3-2-4-7-17/h2-13,20H,14-15H2,1H3,(H,24,26)(H,25,27). The SMILES string of the molecule is CC(=O)NC(CC(=O)OCC(=O)Nc1ccc(-c2ccccc2)cc1)c1cccs1. The fourth-order valence-corrected chi connectivity index (χ4v) is 3.68. The maximum Gasteiger partial charge on any atom is 0.308 e. The van der Waals surface area contributed by atoms with Crippen LogP contribution in [0.5, 0.6) is 0 Å². The third kappa shape index (κ3) is 6.28. The van der Waals surface area contributed by atoms with E-state index in [1.54, 1.807) is 12.1 Å². The Morgan fingerprint density at radius 1 is 0.933 bits per heavy atom. The van der Waals surface area contributed by atoms with Crippen LogP contribution in [0.25, 0.3) is 11.1 Å². The Labute approximate surface area is 178 Å². The van der Waals surface area contributed by atoms with Crippen molar-refractivity contribution >= 4 is 34.8 Å². The molecule has 2 N–H and O–H groups in total. The number of anilines is 1. The number of thiophene rings is 1. The van der Waals surface area contributed by atoms with Gasteiger partial charge in [0, 0.05) is 17.5 Å². The summed E-state index contributed by atoms with van der Waals surface area (Å²) in [5.74, 6) is -1.22. The number of hydrogen-bond acceptors (Lipinski definition) is 5. The van der Waals surface area contributed by atoms with Crippen LogP contribution in [0.2, 0.25) is 0 Å². The van der Waals surface area contributed by atoms with Crippen LogP contribution in [-0.2, 0) is 19.1 Å². The number of carbonyl (C=O) groups is 3. The van der Waals surface area contributed by atoms with Gasteiger partial charge in [0.05, 0.1) is 12.5 Å². The van der Waals surface area contributed by atoms with Crippen molar-refractivity contribution in [2.45, 2.75) is 19.4 Å². The molecule has 0 fully saturated rings. The monoisotopic (exact) mass is 422 g/mol. The van der Waals surface area contributed by atoms with Gasteiger partial charge in [0.2, 0.25) is 5.91 Å². The van der Waals surface area contributed by atoms with Crippen molar-refractivity contribution in [3.63, 3.8) is 0 Å². The molecule has 7 heteroatoms. The fraction of sp³-hybridized carbons (Fsp3) is 0.174. The van der Waals surface area contributed by atoms with E-state index in [1.165, 1.54) is 18.3 Å². The summed E-state index contributed by atoms with van der Waals surface area (Å²) in [4.78, 5) is 36.5. The highest BCUT2D eigenvalue weighted by molar-refractivity contribution is 7.10. The largest absolute Gasteiger partial charge is 0.455 e. The first-order valence-corrected chi connectivity index (χ1v) is 10.3. The van der Waals surface area contributed by atoms with Gasteiger partial charge >= 0.3 is 5.97 Å². The molecule has 1 heterocycles. The summed E-state index contributed by atoms with van der Waals surface area (Å²) in [7, 11) is 0. The van der Waals surface area contributed by atoms with Crippen LogP contribution in [-0.4, -0.2) is 24.4 Å². The summed E-state index contributed by atoms with van der Waals surface area (Å²) < 4.78 is 5.08. The first-order valence-electron chi connectivity index (χ1n) is 9.43. The van der Waals surface area contributed by atoms with Gasteiger partial charge in [-0.2, -0.15) is 0 Å². The van der Waals surface area contributed by atoms with Gasteiger partial charge in [-0.3, -0.25) is 14.4 Å². The maximum atomic E-state index is 12.1. The minimum Gasteiger partial charge on any atom is -0.455 e. The zero-order chi connectivity index (χ0) is 21.3. The lowest BCUT2D eigenvalue weighted by Crippen LogP contribution is -2.29. The van der Waals surface area contributed by atoms with E-state index < -0.39 is 24.5 Å². The van der Waals surface area contributed by atoms with Gasteiger partial charge in [-0.15, -0.1) is 11.3 Å². The number of benzene rings is 2. The molecule has 1 atom stereocenters. The van der Waals surface area contributed by atoms with Crippen LogP contribution in [0.15, 0.2) is 72.1 Å². The molecule has 3 rings (SSSR count). The number of hydrogen-bond donors (Lipinski definition) is 2. The molecule has 30 heavy (non-hydrogen) atoms. The lowest BCUT2D eigenvalue weighted by atomic mass is 10.1. The highest BCUT2D eigenvalue weighted by Gasteiger charge is 2.19. The van der Waals surface area contributed by atoms with E-state index in [1.807, 2.05) is 60.0 Å². The molecule has 3 aromatic rings. The van der Waals surface area contributed by atoms with Crippen LogP contribution in [0, 0.1) is 0 Å². The van der Waals surface area contributed by atoms with Gasteiger partial charge in [0.25, 0.3) is 5.91 Å². The number of ether oxygens (including phenoxy) is 1. The Morgan fingerprint density at radius 2 is 1.63 bits per heavy atom. The van der Waals surface area contributed by atoms with E-state index in [4.69, 9.17) is 4.74 Å². The van der Waals surface area contributed by atoms with Crippen molar-refractivity contribution < 1.29 is 19.1 Å². The Balaban J connectivity index is 1.49. The van der Waals surface area contributed by atoms with Crippen LogP contribution < -0.4 is 10.6 Å². The lowest BCUT2D eigenvalue weighted by Gasteiger charge is -2.15. The molecule has 0 saturated carbocycles. The number of carbonyl (C=O) groups excluding carboxylic acids is 3. The summed E-state index contributed by atoms with van der Waals surface area (Å²) in [5, 5.41) is 7.30. The molecule has 0 aliphatic heterocycles. The third-order valence-electron chi connectivity index (χ3n) is 4.27. The summed E-state index contributed by atoms with van der Waals surface area (Å²) in [6.45, 7) is 0.999. The summed E-state index contributed by atoms with van der Waals surface area (Å²) in [6.07, 6.45) is -0.0425. The van der Waals surface area contributed by atoms with Crippen molar-refractivity contribution in [1.29, 1.82) is 0 Å². The van der Waals surface area contributed by atoms with E-state index in [0.29, 0.717) is 5.69 Å². The van der Waals surface area contributed by atoms with Crippen LogP contribution in [0.1, 0.15) is 24.3 Å². The van der Waals surface area contributed by atoms with Gasteiger partial charge < -0.3 is 15.4 Å². The smallest absolute Gasteiger partial charge is 0.308 e. The quantitative estimate of drug-likeness (QED) is 0.534. The average Bonchev–Trinajstić information content (AvgIpc) is 3.28. The molecule has 1 unspecified atom stereocenters. The van der Waals surface area contributed by atoms with Crippen molar-refractivity contribution in [3.8, 4) is 11.1 Å². The van der Waals surface area contributed by atoms with E-state index >= 15 is 0 Å². The molecule has 0 bridgehead atoms. The molecule has 0 aliphatic rings. The van der Waals surface area contributed by atoms with Gasteiger partial charge in [-0.1, -0.05) is 48.5 Å². The number of rotatable bonds is 8. The second kappa shape index (κ2) is 10.4. The molecular formula is C23H22N2O4S. The molecule has 1 aromatic heterocycles. The van der Waals surface area contributed by atoms with Gasteiger partial charge in [-0.25, -0.2) is 0 Å². The Bertz CT molecular complexity index is 986. The summed E-state index contributed by atoms with van der Waals surface area (Å²) in [6, 6.07) is 20.5. The minimum atomic E-state index is -0.559. The topological polar surface area (TPSA) is 84.5 Å². The molecule has 6 nitrogen and oxygen atoms in total. The van der Waals surface area contributed by atoms with Crippen molar-refractivity contribution in [1.82, 2.24) is 5.32 Å². The van der Waals surface area contributed by atoms with Gasteiger partial charge in [0.15, 0.2) is 6.61 Å². The predicted molar refractivity (Wildman–Crippen MR) is 117 cm³/mol. The second-order valence-electron chi connectivity index (χ2n) is 6.62. The van der Waals surface area contributed by atoms with Crippen molar-refractivity contribution in [2.24, 2.45) is 0 Å². The van der Waals surface area contributed by atoms with Gasteiger partial charge in [0.1, 0.15) is 0 Å². The third-order valence-corrected chi connectivity index (χ3v) is 5.26. The highest BCUT2D eigenvalue weighted by Crippen LogP contribution is 2.23. The Morgan fingerprint density at radius 3 is 2.27 bits per heavy atom. The zero-order valence-electron chi connectivity index (χ0n) is 16.5. The first-order chi connectivity index (χ1) is 14.5. The predicted octanol–water partition coefficient (Wildman–Crippen LogP) is 4.16. The van der Waals surface area contributed by atoms with Crippen molar-refractivity contribution in [3.05, 3.63) is 77.0 Å². The highest BCUT2D eigenvalue weighted by atomic mass is 32.1. The number of esters is 1. The molecule has 0 aliphatic carbocycles. The van der Waals surface area contributed by atoms with Crippen molar-refractivity contribution in [2.75, 3.05) is 11.9 Å². The minimum absolute atomic E-state index is 0.0425. The zero-order valence-corrected chi connectivity index (χ0v) is 17.3. The molecule has 2 aromatic carbocycles. The lowest BCUT2D eigenvalue weighted by molar-refractivity contribution is -0.147. The molecule has 0 saturated heterocycles. The maximum absolute atomic E-state index is 12.1. The molecule has 0 spiro atoms. The number of nitrogens with one attached hydrogen (secondary N) is 2. The van der Waals surface area contributed by atoms with E-state index in [9.17, 15) is 14.4 Å². The van der Waals surface area contributed by atoms with Crippen LogP contribution in [0.3, 0.4) is 0 Å². The first kappa shape index (κ1) is 21.3. The van der Waals surface area contributed by atoms with Crippen LogP contribution >= 0.6 is 11.3 Å². The Hall–Kier alpha value is -3.45. The molecular weight excluding hydrogens is 400 g/mol. The average molecular weight is 423 g/mol. The number of amides is 2. The van der Waals surface area contributed by atoms with E-state index in [0.717, 1.165) is 16.0 Å². The van der Waals surface area contributed by atoms with E-state index in [-0.39, 0.29) is 12.3 Å². The molecule has 2 amide bonds. The molecule has 0 radical (unpaired) electrons. The van der Waals surface area contributed by atoms with Gasteiger partial charge in [-0.05, 0) is 34.7 Å². The summed E-state index contributed by atoms with van der Waals surface area (Å²) >= 11 is 1.44. The fourth-order valence-electron chi connectivity index (χ4n) is 2.90. The molecule has 154 valence electrons. The normalized spacial score (nSPS) is 11.4. The second-order valence-corrected chi connectivity index (χ2v) is 7.60. The summed E-state index contributed by atoms with van der Waals surface area (Å²) in [5.41, 5.74) is 2.74.